The van der Waals surface area contributed by atoms with Gasteiger partial charge < -0.3 is 15.9 Å². The van der Waals surface area contributed by atoms with Gasteiger partial charge in [0.15, 0.2) is 9.28 Å². The second-order valence-corrected chi connectivity index (χ2v) is 14.5. The van der Waals surface area contributed by atoms with Crippen LogP contribution in [-0.2, 0) is 4.43 Å². The maximum atomic E-state index is 5.99. The number of nitrogen functional groups attached to an aromatic ring is 2. The molecule has 1 heterocycles. The molecule has 104 valence electrons. The van der Waals surface area contributed by atoms with Crippen molar-refractivity contribution < 1.29 is 4.43 Å². The van der Waals surface area contributed by atoms with E-state index in [-0.39, 0.29) is 0 Å². The molecule has 0 spiro atoms. The molecule has 0 bridgehead atoms. The highest BCUT2D eigenvalue weighted by atomic mass is 29.2. The van der Waals surface area contributed by atoms with Crippen LogP contribution in [0, 0.1) is 0 Å². The van der Waals surface area contributed by atoms with Crippen LogP contribution in [0.2, 0.25) is 6.04 Å². The fourth-order valence-corrected chi connectivity index (χ4v) is 12.5. The molecule has 0 unspecified atom stereocenters. The smallest absolute Gasteiger partial charge is 0.161 e. The first kappa shape index (κ1) is 13.4. The third-order valence-electron chi connectivity index (χ3n) is 4.17. The highest BCUT2D eigenvalue weighted by molar-refractivity contribution is 7.36. The Labute approximate surface area is 122 Å². The number of nitrogens with two attached hydrogens (primary N) is 2. The lowest BCUT2D eigenvalue weighted by Gasteiger charge is -2.35. The maximum absolute atomic E-state index is 5.99. The molecule has 3 rings (SSSR count). The average Bonchev–Trinajstić information content (AvgIpc) is 2.49. The molecule has 0 radical (unpaired) electrons. The van der Waals surface area contributed by atoms with E-state index in [9.17, 15) is 0 Å². The van der Waals surface area contributed by atoms with E-state index in [0.29, 0.717) is 0 Å². The van der Waals surface area contributed by atoms with E-state index in [1.807, 2.05) is 24.3 Å². The highest BCUT2D eigenvalue weighted by Gasteiger charge is 2.39. The molecule has 1 saturated heterocycles. The van der Waals surface area contributed by atoms with Crippen molar-refractivity contribution in [1.82, 2.24) is 0 Å². The van der Waals surface area contributed by atoms with Crippen LogP contribution in [0.25, 0.3) is 0 Å². The first-order valence-corrected chi connectivity index (χ1v) is 12.1. The molecule has 1 aliphatic heterocycles. The summed E-state index contributed by atoms with van der Waals surface area (Å²) in [5.41, 5.74) is 13.3. The highest BCUT2D eigenvalue weighted by Crippen LogP contribution is 2.18. The normalized spacial score (nSPS) is 19.0. The lowest BCUT2D eigenvalue weighted by atomic mass is 10.3. The Balaban J connectivity index is 2.08. The molecule has 4 N–H and O–H groups in total. The minimum absolute atomic E-state index is 0.548. The van der Waals surface area contributed by atoms with Crippen molar-refractivity contribution >= 4 is 38.6 Å². The van der Waals surface area contributed by atoms with Crippen molar-refractivity contribution in [2.75, 3.05) is 18.1 Å². The Bertz CT molecular complexity index is 530. The van der Waals surface area contributed by atoms with E-state index in [1.165, 1.54) is 16.4 Å². The zero-order valence-electron chi connectivity index (χ0n) is 11.5. The lowest BCUT2D eigenvalue weighted by molar-refractivity contribution is 0.335. The van der Waals surface area contributed by atoms with Gasteiger partial charge >= 0.3 is 0 Å². The summed E-state index contributed by atoms with van der Waals surface area (Å²) in [6, 6.07) is 18.2. The van der Waals surface area contributed by atoms with Crippen LogP contribution in [0.1, 0.15) is 6.42 Å². The molecular formula is C15H20N2OSi2. The van der Waals surface area contributed by atoms with Gasteiger partial charge in [-0.15, -0.1) is 0 Å². The summed E-state index contributed by atoms with van der Waals surface area (Å²) in [7, 11) is -2.22. The van der Waals surface area contributed by atoms with Gasteiger partial charge in [-0.2, -0.15) is 0 Å². The lowest BCUT2D eigenvalue weighted by Crippen LogP contribution is -2.65. The van der Waals surface area contributed by atoms with Crippen LogP contribution in [0.15, 0.2) is 48.5 Å². The first-order valence-electron chi connectivity index (χ1n) is 7.00. The van der Waals surface area contributed by atoms with Gasteiger partial charge in [0.1, 0.15) is 7.59 Å². The van der Waals surface area contributed by atoms with Crippen LogP contribution in [0.5, 0.6) is 0 Å². The van der Waals surface area contributed by atoms with Crippen molar-refractivity contribution in [1.29, 1.82) is 0 Å². The summed E-state index contributed by atoms with van der Waals surface area (Å²) >= 11 is 0. The van der Waals surface area contributed by atoms with Crippen LogP contribution in [0.4, 0.5) is 11.4 Å². The minimum Gasteiger partial charge on any atom is -0.426 e. The van der Waals surface area contributed by atoms with E-state index in [1.54, 1.807) is 0 Å². The zero-order chi connectivity index (χ0) is 14.0. The third kappa shape index (κ3) is 2.39. The van der Waals surface area contributed by atoms with Gasteiger partial charge in [0.05, 0.1) is 0 Å². The molecular weight excluding hydrogens is 280 g/mol. The van der Waals surface area contributed by atoms with Gasteiger partial charge in [-0.25, -0.2) is 0 Å². The number of rotatable bonds is 2. The number of hydrogen-bond donors (Lipinski definition) is 2. The molecule has 0 aliphatic carbocycles. The van der Waals surface area contributed by atoms with Crippen molar-refractivity contribution in [2.45, 2.75) is 12.5 Å². The molecule has 0 atom stereocenters. The Kier molecular flexibility index (Phi) is 3.65. The summed E-state index contributed by atoms with van der Waals surface area (Å²) < 4.78 is 5.99. The van der Waals surface area contributed by atoms with Crippen LogP contribution in [0.3, 0.4) is 0 Å². The standard InChI is InChI=1S/C15H20N2OSi2/c16-12-2-6-14(7-3-12)20(11-1-10-18-19-20)15-8-4-13(17)5-9-15/h2-9H,1,10-11,16-17,19H2. The number of anilines is 2. The van der Waals surface area contributed by atoms with Crippen molar-refractivity contribution in [2.24, 2.45) is 0 Å². The van der Waals surface area contributed by atoms with E-state index in [0.717, 1.165) is 24.4 Å². The Morgan fingerprint density at radius 2 is 1.35 bits per heavy atom. The molecule has 1 aliphatic rings. The summed E-state index contributed by atoms with van der Waals surface area (Å²) in [6.07, 6.45) is 1.16. The van der Waals surface area contributed by atoms with Crippen molar-refractivity contribution in [3.63, 3.8) is 0 Å². The molecule has 0 aromatic heterocycles. The van der Waals surface area contributed by atoms with E-state index in [2.05, 4.69) is 24.3 Å². The fraction of sp³-hybridized carbons (Fsp3) is 0.200. The predicted octanol–water partition coefficient (Wildman–Crippen LogP) is 0.415. The van der Waals surface area contributed by atoms with Gasteiger partial charge in [0.25, 0.3) is 0 Å². The second-order valence-electron chi connectivity index (χ2n) is 5.48. The Morgan fingerprint density at radius 1 is 0.850 bits per heavy atom. The summed E-state index contributed by atoms with van der Waals surface area (Å²) in [5.74, 6) is 0. The van der Waals surface area contributed by atoms with Crippen LogP contribution < -0.4 is 21.8 Å². The Morgan fingerprint density at radius 3 is 1.75 bits per heavy atom. The van der Waals surface area contributed by atoms with Crippen LogP contribution >= 0.6 is 0 Å². The summed E-state index contributed by atoms with van der Waals surface area (Å²) in [6.45, 7) is 0.935. The largest absolute Gasteiger partial charge is 0.426 e. The first-order chi connectivity index (χ1) is 9.71. The van der Waals surface area contributed by atoms with E-state index < -0.39 is 16.9 Å². The Hall–Kier alpha value is -1.57. The second kappa shape index (κ2) is 5.43. The van der Waals surface area contributed by atoms with Crippen LogP contribution in [-0.4, -0.2) is 23.5 Å². The quantitative estimate of drug-likeness (QED) is 0.624. The van der Waals surface area contributed by atoms with Crippen molar-refractivity contribution in [3.05, 3.63) is 48.5 Å². The molecule has 0 amide bonds. The predicted molar refractivity (Wildman–Crippen MR) is 90.7 cm³/mol. The molecule has 20 heavy (non-hydrogen) atoms. The van der Waals surface area contributed by atoms with Gasteiger partial charge in [0, 0.05) is 18.0 Å². The molecule has 3 nitrogen and oxygen atoms in total. The fourth-order valence-electron chi connectivity index (χ4n) is 3.02. The monoisotopic (exact) mass is 300 g/mol. The summed E-state index contributed by atoms with van der Waals surface area (Å²) in [4.78, 5) is 0. The molecule has 2 aromatic rings. The third-order valence-corrected chi connectivity index (χ3v) is 14.8. The number of hydrogen-bond acceptors (Lipinski definition) is 3. The SMILES string of the molecule is Nc1ccc([Si]2(c3ccc(N)cc3)CCCO[SiH2]2)cc1. The van der Waals surface area contributed by atoms with Crippen molar-refractivity contribution in [3.8, 4) is 0 Å². The number of benzene rings is 2. The molecule has 5 heteroatoms. The topological polar surface area (TPSA) is 61.3 Å². The average molecular weight is 301 g/mol. The molecule has 1 fully saturated rings. The van der Waals surface area contributed by atoms with E-state index >= 15 is 0 Å². The minimum atomic E-state index is -1.68. The van der Waals surface area contributed by atoms with Gasteiger partial charge in [0.2, 0.25) is 0 Å². The zero-order valence-corrected chi connectivity index (χ0v) is 13.9. The van der Waals surface area contributed by atoms with E-state index in [4.69, 9.17) is 15.9 Å². The maximum Gasteiger partial charge on any atom is 0.161 e. The summed E-state index contributed by atoms with van der Waals surface area (Å²) in [5, 5.41) is 2.92. The van der Waals surface area contributed by atoms with Gasteiger partial charge in [-0.1, -0.05) is 34.6 Å². The molecule has 2 aromatic carbocycles. The van der Waals surface area contributed by atoms with Gasteiger partial charge in [-0.05, 0) is 36.7 Å². The van der Waals surface area contributed by atoms with Gasteiger partial charge in [-0.3, -0.25) is 0 Å². The molecule has 0 saturated carbocycles.